The third-order valence-electron chi connectivity index (χ3n) is 3.66. The van der Waals surface area contributed by atoms with Crippen molar-refractivity contribution in [2.75, 3.05) is 5.32 Å². The van der Waals surface area contributed by atoms with Crippen LogP contribution in [0.2, 0.25) is 0 Å². The van der Waals surface area contributed by atoms with Crippen LogP contribution >= 0.6 is 22.7 Å². The molecule has 0 atom stereocenters. The highest BCUT2D eigenvalue weighted by Gasteiger charge is 2.12. The van der Waals surface area contributed by atoms with Crippen molar-refractivity contribution in [3.05, 3.63) is 65.3 Å². The second-order valence-electron chi connectivity index (χ2n) is 5.62. The number of amides is 1. The summed E-state index contributed by atoms with van der Waals surface area (Å²) in [6.07, 6.45) is 3.22. The van der Waals surface area contributed by atoms with Crippen molar-refractivity contribution >= 4 is 34.3 Å². The van der Waals surface area contributed by atoms with E-state index in [0.29, 0.717) is 5.69 Å². The van der Waals surface area contributed by atoms with E-state index in [-0.39, 0.29) is 12.2 Å². The molecule has 0 saturated carbocycles. The molecule has 0 saturated heterocycles. The second-order valence-corrected chi connectivity index (χ2v) is 7.42. The van der Waals surface area contributed by atoms with Crippen LogP contribution in [-0.4, -0.2) is 20.4 Å². The Kier molecular flexibility index (Phi) is 4.78. The van der Waals surface area contributed by atoms with E-state index < -0.39 is 17.5 Å². The molecule has 27 heavy (non-hydrogen) atoms. The number of benzene rings is 1. The summed E-state index contributed by atoms with van der Waals surface area (Å²) in [4.78, 5) is 22.0. The zero-order valence-electron chi connectivity index (χ0n) is 13.7. The summed E-state index contributed by atoms with van der Waals surface area (Å²) < 4.78 is 28.1. The maximum absolute atomic E-state index is 13.6. The van der Waals surface area contributed by atoms with E-state index in [1.807, 2.05) is 22.9 Å². The molecular formula is C18H12F2N4OS2. The lowest BCUT2D eigenvalue weighted by atomic mass is 10.3. The van der Waals surface area contributed by atoms with Gasteiger partial charge in [-0.05, 0) is 23.6 Å². The first-order chi connectivity index (χ1) is 13.1. The number of anilines is 1. The van der Waals surface area contributed by atoms with E-state index in [4.69, 9.17) is 0 Å². The molecule has 1 amide bonds. The lowest BCUT2D eigenvalue weighted by Gasteiger charge is -2.06. The molecule has 5 nitrogen and oxygen atoms in total. The molecule has 1 N–H and O–H groups in total. The molecule has 0 aliphatic rings. The summed E-state index contributed by atoms with van der Waals surface area (Å²) in [7, 11) is 0. The van der Waals surface area contributed by atoms with Gasteiger partial charge in [0.2, 0.25) is 5.91 Å². The SMILES string of the molecule is O=C(Cn1cnc(-c2nc(-c3cccs3)cs2)c1)Nc1ccc(F)cc1F. The lowest BCUT2D eigenvalue weighted by molar-refractivity contribution is -0.116. The third-order valence-corrected chi connectivity index (χ3v) is 5.42. The first-order valence-corrected chi connectivity index (χ1v) is 9.61. The van der Waals surface area contributed by atoms with E-state index in [1.54, 1.807) is 22.1 Å². The molecule has 3 heterocycles. The second kappa shape index (κ2) is 7.37. The number of hydrogen-bond acceptors (Lipinski definition) is 5. The number of thiophene rings is 1. The van der Waals surface area contributed by atoms with Crippen molar-refractivity contribution < 1.29 is 13.6 Å². The van der Waals surface area contributed by atoms with Gasteiger partial charge in [-0.1, -0.05) is 6.07 Å². The molecule has 4 aromatic rings. The fraction of sp³-hybridized carbons (Fsp3) is 0.0556. The molecule has 0 bridgehead atoms. The number of halogens is 2. The van der Waals surface area contributed by atoms with Gasteiger partial charge in [0.15, 0.2) is 0 Å². The average Bonchev–Trinajstić information content (AvgIpc) is 3.37. The molecule has 0 unspecified atom stereocenters. The van der Waals surface area contributed by atoms with E-state index in [1.165, 1.54) is 23.7 Å². The molecule has 0 aliphatic carbocycles. The molecule has 0 radical (unpaired) electrons. The van der Waals surface area contributed by atoms with Crippen LogP contribution in [0.15, 0.2) is 53.6 Å². The molecule has 4 rings (SSSR count). The molecular weight excluding hydrogens is 390 g/mol. The molecule has 0 aliphatic heterocycles. The first kappa shape index (κ1) is 17.5. The number of carbonyl (C=O) groups excluding carboxylic acids is 1. The molecule has 136 valence electrons. The summed E-state index contributed by atoms with van der Waals surface area (Å²) in [6.45, 7) is -0.0486. The number of thiazole rings is 1. The minimum Gasteiger partial charge on any atom is -0.327 e. The quantitative estimate of drug-likeness (QED) is 0.529. The van der Waals surface area contributed by atoms with Gasteiger partial charge in [0.1, 0.15) is 28.9 Å². The van der Waals surface area contributed by atoms with Gasteiger partial charge in [-0.15, -0.1) is 22.7 Å². The Labute approximate surface area is 161 Å². The predicted octanol–water partition coefficient (Wildman–Crippen LogP) is 4.65. The minimum absolute atomic E-state index is 0.0486. The number of imidazole rings is 1. The van der Waals surface area contributed by atoms with Crippen molar-refractivity contribution in [2.24, 2.45) is 0 Å². The number of aromatic nitrogens is 3. The van der Waals surface area contributed by atoms with Gasteiger partial charge >= 0.3 is 0 Å². The topological polar surface area (TPSA) is 59.8 Å². The largest absolute Gasteiger partial charge is 0.327 e. The van der Waals surface area contributed by atoms with E-state index in [9.17, 15) is 13.6 Å². The minimum atomic E-state index is -0.821. The Morgan fingerprint density at radius 3 is 2.85 bits per heavy atom. The zero-order chi connectivity index (χ0) is 18.8. The van der Waals surface area contributed by atoms with Crippen molar-refractivity contribution in [3.63, 3.8) is 0 Å². The zero-order valence-corrected chi connectivity index (χ0v) is 15.4. The molecule has 0 spiro atoms. The Morgan fingerprint density at radius 2 is 2.07 bits per heavy atom. The van der Waals surface area contributed by atoms with Gasteiger partial charge in [-0.2, -0.15) is 0 Å². The van der Waals surface area contributed by atoms with Gasteiger partial charge < -0.3 is 9.88 Å². The molecule has 3 aromatic heterocycles. The van der Waals surface area contributed by atoms with Crippen molar-refractivity contribution in [3.8, 4) is 21.3 Å². The number of nitrogens with one attached hydrogen (secondary N) is 1. The van der Waals surface area contributed by atoms with Crippen LogP contribution in [-0.2, 0) is 11.3 Å². The number of rotatable bonds is 5. The smallest absolute Gasteiger partial charge is 0.244 e. The van der Waals surface area contributed by atoms with Crippen LogP contribution in [0.25, 0.3) is 21.3 Å². The fourth-order valence-electron chi connectivity index (χ4n) is 2.43. The monoisotopic (exact) mass is 402 g/mol. The van der Waals surface area contributed by atoms with Crippen molar-refractivity contribution in [2.45, 2.75) is 6.54 Å². The van der Waals surface area contributed by atoms with Crippen molar-refractivity contribution in [1.29, 1.82) is 0 Å². The molecule has 1 aromatic carbocycles. The van der Waals surface area contributed by atoms with Crippen LogP contribution in [0.4, 0.5) is 14.5 Å². The highest BCUT2D eigenvalue weighted by molar-refractivity contribution is 7.15. The average molecular weight is 402 g/mol. The Hall–Kier alpha value is -2.91. The fourth-order valence-corrected chi connectivity index (χ4v) is 3.97. The Bertz CT molecular complexity index is 1090. The number of carbonyl (C=O) groups is 1. The lowest BCUT2D eigenvalue weighted by Crippen LogP contribution is -2.18. The van der Waals surface area contributed by atoms with E-state index >= 15 is 0 Å². The van der Waals surface area contributed by atoms with Crippen molar-refractivity contribution in [1.82, 2.24) is 14.5 Å². The Morgan fingerprint density at radius 1 is 1.19 bits per heavy atom. The van der Waals surface area contributed by atoms with Crippen LogP contribution < -0.4 is 5.32 Å². The van der Waals surface area contributed by atoms with Crippen LogP contribution in [0.3, 0.4) is 0 Å². The third kappa shape index (κ3) is 3.93. The van der Waals surface area contributed by atoms with Gasteiger partial charge in [0, 0.05) is 17.6 Å². The van der Waals surface area contributed by atoms with Gasteiger partial charge in [-0.25, -0.2) is 18.7 Å². The van der Waals surface area contributed by atoms with Crippen LogP contribution in [0.5, 0.6) is 0 Å². The maximum atomic E-state index is 13.6. The molecule has 9 heteroatoms. The predicted molar refractivity (Wildman–Crippen MR) is 102 cm³/mol. The van der Waals surface area contributed by atoms with Crippen LogP contribution in [0, 0.1) is 11.6 Å². The highest BCUT2D eigenvalue weighted by atomic mass is 32.1. The summed E-state index contributed by atoms with van der Waals surface area (Å²) >= 11 is 3.09. The standard InChI is InChI=1S/C18H12F2N4OS2/c19-11-3-4-13(12(20)6-11)22-17(25)8-24-7-14(21-10-24)18-23-15(9-27-18)16-2-1-5-26-16/h1-7,9-10H,8H2,(H,22,25). The summed E-state index contributed by atoms with van der Waals surface area (Å²) in [5, 5.41) is 7.12. The highest BCUT2D eigenvalue weighted by Crippen LogP contribution is 2.30. The molecule has 0 fully saturated rings. The number of nitrogens with zero attached hydrogens (tertiary/aromatic N) is 3. The first-order valence-electron chi connectivity index (χ1n) is 7.85. The maximum Gasteiger partial charge on any atom is 0.244 e. The normalized spacial score (nSPS) is 10.9. The van der Waals surface area contributed by atoms with Gasteiger partial charge in [0.25, 0.3) is 0 Å². The summed E-state index contributed by atoms with van der Waals surface area (Å²) in [6, 6.07) is 6.96. The summed E-state index contributed by atoms with van der Waals surface area (Å²) in [5.74, 6) is -1.96. The van der Waals surface area contributed by atoms with Gasteiger partial charge in [-0.3, -0.25) is 4.79 Å². The van der Waals surface area contributed by atoms with E-state index in [0.717, 1.165) is 27.7 Å². The van der Waals surface area contributed by atoms with Gasteiger partial charge in [0.05, 0.1) is 22.6 Å². The number of hydrogen-bond donors (Lipinski definition) is 1. The Balaban J connectivity index is 1.44. The summed E-state index contributed by atoms with van der Waals surface area (Å²) in [5.41, 5.74) is 1.48. The van der Waals surface area contributed by atoms with E-state index in [2.05, 4.69) is 15.3 Å². The van der Waals surface area contributed by atoms with Crippen LogP contribution in [0.1, 0.15) is 0 Å².